The van der Waals surface area contributed by atoms with E-state index in [1.54, 1.807) is 17.4 Å². The highest BCUT2D eigenvalue weighted by Gasteiger charge is 2.20. The van der Waals surface area contributed by atoms with Crippen molar-refractivity contribution in [2.75, 3.05) is 37.6 Å². The van der Waals surface area contributed by atoms with Gasteiger partial charge in [-0.05, 0) is 23.9 Å². The van der Waals surface area contributed by atoms with E-state index < -0.39 is 4.92 Å². The molecular formula is C17H18N4O2S. The second-order valence-electron chi connectivity index (χ2n) is 5.73. The van der Waals surface area contributed by atoms with E-state index in [0.717, 1.165) is 44.8 Å². The number of rotatable bonds is 5. The summed E-state index contributed by atoms with van der Waals surface area (Å²) in [5.74, 6) is 0. The second kappa shape index (κ2) is 7.43. The van der Waals surface area contributed by atoms with E-state index in [1.165, 1.54) is 17.0 Å². The van der Waals surface area contributed by atoms with E-state index in [1.807, 2.05) is 0 Å². The highest BCUT2D eigenvalue weighted by atomic mass is 32.1. The topological polar surface area (TPSA) is 73.4 Å². The minimum absolute atomic E-state index is 0.0371. The maximum Gasteiger partial charge on any atom is 0.270 e. The number of nitro benzene ring substituents is 1. The molecule has 6 nitrogen and oxygen atoms in total. The normalized spacial score (nSPS) is 15.2. The lowest BCUT2D eigenvalue weighted by Gasteiger charge is -2.36. The number of piperazine rings is 1. The van der Waals surface area contributed by atoms with Gasteiger partial charge in [0.2, 0.25) is 0 Å². The summed E-state index contributed by atoms with van der Waals surface area (Å²) in [4.78, 5) is 16.3. The zero-order valence-corrected chi connectivity index (χ0v) is 14.0. The number of anilines is 1. The van der Waals surface area contributed by atoms with Crippen LogP contribution in [-0.2, 0) is 6.42 Å². The number of non-ortho nitro benzene ring substituents is 1. The van der Waals surface area contributed by atoms with Crippen molar-refractivity contribution in [3.63, 3.8) is 0 Å². The van der Waals surface area contributed by atoms with Gasteiger partial charge in [-0.15, -0.1) is 11.3 Å². The van der Waals surface area contributed by atoms with Crippen molar-refractivity contribution in [1.29, 1.82) is 5.26 Å². The molecule has 3 rings (SSSR count). The maximum absolute atomic E-state index is 10.8. The molecule has 1 aliphatic rings. The SMILES string of the molecule is N#Cc1cc([N+](=O)[O-])ccc1N1CCN(CCc2cccs2)CC1. The van der Waals surface area contributed by atoms with Gasteiger partial charge >= 0.3 is 0 Å². The number of nitrogens with zero attached hydrogens (tertiary/aromatic N) is 4. The molecule has 0 spiro atoms. The molecule has 0 N–H and O–H groups in total. The van der Waals surface area contributed by atoms with Crippen molar-refractivity contribution in [2.24, 2.45) is 0 Å². The Morgan fingerprint density at radius 3 is 2.67 bits per heavy atom. The monoisotopic (exact) mass is 342 g/mol. The number of benzene rings is 1. The summed E-state index contributed by atoms with van der Waals surface area (Å²) in [7, 11) is 0. The van der Waals surface area contributed by atoms with Gasteiger partial charge < -0.3 is 4.90 Å². The summed E-state index contributed by atoms with van der Waals surface area (Å²) in [5, 5.41) is 22.2. The predicted molar refractivity (Wildman–Crippen MR) is 94.5 cm³/mol. The van der Waals surface area contributed by atoms with E-state index in [4.69, 9.17) is 0 Å². The highest BCUT2D eigenvalue weighted by molar-refractivity contribution is 7.09. The number of nitro groups is 1. The largest absolute Gasteiger partial charge is 0.368 e. The Hall–Kier alpha value is -2.43. The predicted octanol–water partition coefficient (Wildman–Crippen LogP) is 2.89. The van der Waals surface area contributed by atoms with E-state index in [-0.39, 0.29) is 5.69 Å². The van der Waals surface area contributed by atoms with Gasteiger partial charge in [0.15, 0.2) is 0 Å². The Labute approximate surface area is 144 Å². The second-order valence-corrected chi connectivity index (χ2v) is 6.76. The average Bonchev–Trinajstić information content (AvgIpc) is 3.13. The van der Waals surface area contributed by atoms with Gasteiger partial charge in [-0.2, -0.15) is 5.26 Å². The summed E-state index contributed by atoms with van der Waals surface area (Å²) in [5.41, 5.74) is 1.13. The van der Waals surface area contributed by atoms with Crippen LogP contribution in [0.15, 0.2) is 35.7 Å². The van der Waals surface area contributed by atoms with Crippen LogP contribution in [0.5, 0.6) is 0 Å². The van der Waals surface area contributed by atoms with Crippen LogP contribution in [-0.4, -0.2) is 42.5 Å². The Bertz CT molecular complexity index is 746. The maximum atomic E-state index is 10.8. The third kappa shape index (κ3) is 3.72. The first-order chi connectivity index (χ1) is 11.7. The minimum Gasteiger partial charge on any atom is -0.368 e. The number of hydrogen-bond donors (Lipinski definition) is 0. The first kappa shape index (κ1) is 16.4. The van der Waals surface area contributed by atoms with Crippen molar-refractivity contribution in [3.8, 4) is 6.07 Å². The zero-order chi connectivity index (χ0) is 16.9. The average molecular weight is 342 g/mol. The van der Waals surface area contributed by atoms with Gasteiger partial charge in [0.25, 0.3) is 5.69 Å². The quantitative estimate of drug-likeness (QED) is 0.617. The summed E-state index contributed by atoms with van der Waals surface area (Å²) < 4.78 is 0. The molecule has 0 amide bonds. The number of nitriles is 1. The molecule has 2 heterocycles. The summed E-state index contributed by atoms with van der Waals surface area (Å²) in [6.45, 7) is 4.58. The molecule has 7 heteroatoms. The lowest BCUT2D eigenvalue weighted by molar-refractivity contribution is -0.384. The van der Waals surface area contributed by atoms with Gasteiger partial charge in [-0.25, -0.2) is 0 Å². The Morgan fingerprint density at radius 2 is 2.04 bits per heavy atom. The number of hydrogen-bond acceptors (Lipinski definition) is 6. The van der Waals surface area contributed by atoms with Crippen LogP contribution >= 0.6 is 11.3 Å². The lowest BCUT2D eigenvalue weighted by Crippen LogP contribution is -2.47. The fourth-order valence-electron chi connectivity index (χ4n) is 2.94. The van der Waals surface area contributed by atoms with Gasteiger partial charge in [0.05, 0.1) is 16.2 Å². The fourth-order valence-corrected chi connectivity index (χ4v) is 3.64. The molecular weight excluding hydrogens is 324 g/mol. The molecule has 0 bridgehead atoms. The van der Waals surface area contributed by atoms with Crippen LogP contribution in [0, 0.1) is 21.4 Å². The molecule has 1 saturated heterocycles. The van der Waals surface area contributed by atoms with Crippen molar-refractivity contribution in [2.45, 2.75) is 6.42 Å². The zero-order valence-electron chi connectivity index (χ0n) is 13.2. The Kier molecular flexibility index (Phi) is 5.08. The molecule has 1 aliphatic heterocycles. The van der Waals surface area contributed by atoms with Crippen LogP contribution in [0.2, 0.25) is 0 Å². The Balaban J connectivity index is 1.60. The first-order valence-electron chi connectivity index (χ1n) is 7.85. The molecule has 0 aliphatic carbocycles. The molecule has 0 atom stereocenters. The van der Waals surface area contributed by atoms with Crippen molar-refractivity contribution in [3.05, 3.63) is 56.3 Å². The highest BCUT2D eigenvalue weighted by Crippen LogP contribution is 2.26. The molecule has 0 saturated carbocycles. The fraction of sp³-hybridized carbons (Fsp3) is 0.353. The molecule has 24 heavy (non-hydrogen) atoms. The van der Waals surface area contributed by atoms with Crippen LogP contribution < -0.4 is 4.90 Å². The van der Waals surface area contributed by atoms with Crippen LogP contribution in [0.1, 0.15) is 10.4 Å². The molecule has 1 aromatic carbocycles. The number of thiophene rings is 1. The van der Waals surface area contributed by atoms with Gasteiger partial charge in [0, 0.05) is 49.7 Å². The van der Waals surface area contributed by atoms with E-state index in [0.29, 0.717) is 5.56 Å². The van der Waals surface area contributed by atoms with Crippen LogP contribution in [0.25, 0.3) is 0 Å². The molecule has 1 fully saturated rings. The van der Waals surface area contributed by atoms with Crippen molar-refractivity contribution < 1.29 is 4.92 Å². The van der Waals surface area contributed by atoms with Crippen molar-refractivity contribution in [1.82, 2.24) is 4.90 Å². The molecule has 1 aromatic heterocycles. The smallest absolute Gasteiger partial charge is 0.270 e. The van der Waals surface area contributed by atoms with Crippen LogP contribution in [0.4, 0.5) is 11.4 Å². The van der Waals surface area contributed by atoms with Crippen LogP contribution in [0.3, 0.4) is 0 Å². The minimum atomic E-state index is -0.465. The molecule has 2 aromatic rings. The molecule has 0 unspecified atom stereocenters. The van der Waals surface area contributed by atoms with Gasteiger partial charge in [-0.1, -0.05) is 6.07 Å². The van der Waals surface area contributed by atoms with Crippen molar-refractivity contribution >= 4 is 22.7 Å². The molecule has 124 valence electrons. The third-order valence-corrected chi connectivity index (χ3v) is 5.22. The standard InChI is InChI=1S/C17H18N4O2S/c18-13-14-12-15(21(22)23)3-4-17(14)20-9-7-19(8-10-20)6-5-16-2-1-11-24-16/h1-4,11-12H,5-10H2. The third-order valence-electron chi connectivity index (χ3n) is 4.28. The van der Waals surface area contributed by atoms with E-state index >= 15 is 0 Å². The molecule has 0 radical (unpaired) electrons. The Morgan fingerprint density at radius 1 is 1.25 bits per heavy atom. The summed E-state index contributed by atoms with van der Waals surface area (Å²) in [6, 6.07) is 10.9. The van der Waals surface area contributed by atoms with E-state index in [9.17, 15) is 15.4 Å². The lowest BCUT2D eigenvalue weighted by atomic mass is 10.1. The van der Waals surface area contributed by atoms with Gasteiger partial charge in [-0.3, -0.25) is 15.0 Å². The van der Waals surface area contributed by atoms with Gasteiger partial charge in [0.1, 0.15) is 6.07 Å². The van der Waals surface area contributed by atoms with E-state index in [2.05, 4.69) is 33.4 Å². The first-order valence-corrected chi connectivity index (χ1v) is 8.73. The summed E-state index contributed by atoms with van der Waals surface area (Å²) in [6.07, 6.45) is 1.07. The summed E-state index contributed by atoms with van der Waals surface area (Å²) >= 11 is 1.79.